The molecule has 0 amide bonds. The molecule has 1 aliphatic rings. The van der Waals surface area contributed by atoms with Gasteiger partial charge in [-0.05, 0) is 32.4 Å². The number of ether oxygens (including phenoxy) is 1. The summed E-state index contributed by atoms with van der Waals surface area (Å²) in [4.78, 5) is 2.51. The number of piperidine rings is 1. The fraction of sp³-hybridized carbons (Fsp3) is 1.00. The van der Waals surface area contributed by atoms with E-state index in [2.05, 4.69) is 24.1 Å². The highest BCUT2D eigenvalue weighted by molar-refractivity contribution is 4.72. The van der Waals surface area contributed by atoms with Crippen LogP contribution in [0.3, 0.4) is 0 Å². The summed E-state index contributed by atoms with van der Waals surface area (Å²) in [5.74, 6) is 0. The van der Waals surface area contributed by atoms with Crippen molar-refractivity contribution in [1.29, 1.82) is 0 Å². The number of likely N-dealkylation sites (tertiary alicyclic amines) is 1. The van der Waals surface area contributed by atoms with E-state index in [0.717, 1.165) is 32.5 Å². The average Bonchev–Trinajstić information content (AvgIpc) is 2.33. The van der Waals surface area contributed by atoms with E-state index in [1.807, 2.05) is 0 Å². The predicted molar refractivity (Wildman–Crippen MR) is 70.3 cm³/mol. The lowest BCUT2D eigenvalue weighted by Crippen LogP contribution is -2.38. The van der Waals surface area contributed by atoms with Crippen molar-refractivity contribution in [3.05, 3.63) is 0 Å². The standard InChI is InChI=1S/C13H28N2O2/c1-12(2)14-6-3-7-15-8-4-13(5-9-15)17-11-10-16/h12-14,16H,3-11H2,1-2H3. The largest absolute Gasteiger partial charge is 0.394 e. The zero-order chi connectivity index (χ0) is 12.5. The first-order valence-electron chi connectivity index (χ1n) is 6.90. The second-order valence-corrected chi connectivity index (χ2v) is 5.10. The topological polar surface area (TPSA) is 44.7 Å². The molecule has 0 aliphatic carbocycles. The van der Waals surface area contributed by atoms with Crippen LogP contribution in [0.4, 0.5) is 0 Å². The van der Waals surface area contributed by atoms with Gasteiger partial charge in [0.1, 0.15) is 0 Å². The molecule has 0 unspecified atom stereocenters. The van der Waals surface area contributed by atoms with Gasteiger partial charge in [-0.1, -0.05) is 13.8 Å². The lowest BCUT2D eigenvalue weighted by atomic mass is 10.1. The Kier molecular flexibility index (Phi) is 7.77. The molecule has 2 N–H and O–H groups in total. The number of rotatable bonds is 8. The first-order chi connectivity index (χ1) is 8.22. The fourth-order valence-electron chi connectivity index (χ4n) is 2.21. The molecule has 102 valence electrons. The molecule has 1 saturated heterocycles. The van der Waals surface area contributed by atoms with Crippen molar-refractivity contribution >= 4 is 0 Å². The normalized spacial score (nSPS) is 19.1. The summed E-state index contributed by atoms with van der Waals surface area (Å²) in [7, 11) is 0. The van der Waals surface area contributed by atoms with Gasteiger partial charge < -0.3 is 20.1 Å². The van der Waals surface area contributed by atoms with Crippen LogP contribution in [-0.2, 0) is 4.74 Å². The van der Waals surface area contributed by atoms with E-state index in [9.17, 15) is 0 Å². The molecule has 0 aromatic rings. The second kappa shape index (κ2) is 8.86. The van der Waals surface area contributed by atoms with Crippen molar-refractivity contribution < 1.29 is 9.84 Å². The molecule has 1 fully saturated rings. The van der Waals surface area contributed by atoms with Gasteiger partial charge in [0.25, 0.3) is 0 Å². The van der Waals surface area contributed by atoms with Crippen molar-refractivity contribution in [1.82, 2.24) is 10.2 Å². The van der Waals surface area contributed by atoms with Gasteiger partial charge in [-0.2, -0.15) is 0 Å². The molecule has 0 bridgehead atoms. The lowest BCUT2D eigenvalue weighted by Gasteiger charge is -2.31. The second-order valence-electron chi connectivity index (χ2n) is 5.10. The molecule has 0 saturated carbocycles. The Bertz CT molecular complexity index is 180. The molecular formula is C13H28N2O2. The van der Waals surface area contributed by atoms with Crippen molar-refractivity contribution in [2.45, 2.75) is 45.3 Å². The lowest BCUT2D eigenvalue weighted by molar-refractivity contribution is -0.00778. The summed E-state index contributed by atoms with van der Waals surface area (Å²) in [5, 5.41) is 12.1. The third-order valence-electron chi connectivity index (χ3n) is 3.18. The Labute approximate surface area is 105 Å². The van der Waals surface area contributed by atoms with Crippen molar-refractivity contribution in [3.8, 4) is 0 Å². The summed E-state index contributed by atoms with van der Waals surface area (Å²) in [6, 6.07) is 0.590. The number of nitrogens with zero attached hydrogens (tertiary/aromatic N) is 1. The van der Waals surface area contributed by atoms with Crippen LogP contribution in [0.5, 0.6) is 0 Å². The summed E-state index contributed by atoms with van der Waals surface area (Å²) < 4.78 is 5.55. The summed E-state index contributed by atoms with van der Waals surface area (Å²) in [6.45, 7) is 9.57. The summed E-state index contributed by atoms with van der Waals surface area (Å²) in [6.07, 6.45) is 3.81. The number of aliphatic hydroxyl groups is 1. The van der Waals surface area contributed by atoms with Gasteiger partial charge in [0.2, 0.25) is 0 Å². The molecule has 1 rings (SSSR count). The Morgan fingerprint density at radius 2 is 2.06 bits per heavy atom. The van der Waals surface area contributed by atoms with E-state index in [1.54, 1.807) is 0 Å². The van der Waals surface area contributed by atoms with Crippen LogP contribution < -0.4 is 5.32 Å². The molecule has 4 heteroatoms. The van der Waals surface area contributed by atoms with Crippen molar-refractivity contribution in [3.63, 3.8) is 0 Å². The van der Waals surface area contributed by atoms with Crippen LogP contribution in [0, 0.1) is 0 Å². The maximum Gasteiger partial charge on any atom is 0.0701 e. The van der Waals surface area contributed by atoms with Gasteiger partial charge in [0.15, 0.2) is 0 Å². The highest BCUT2D eigenvalue weighted by Crippen LogP contribution is 2.13. The van der Waals surface area contributed by atoms with Crippen molar-refractivity contribution in [2.75, 3.05) is 39.4 Å². The van der Waals surface area contributed by atoms with Crippen LogP contribution in [0.25, 0.3) is 0 Å². The molecule has 0 radical (unpaired) electrons. The maximum atomic E-state index is 8.69. The monoisotopic (exact) mass is 244 g/mol. The highest BCUT2D eigenvalue weighted by Gasteiger charge is 2.18. The zero-order valence-electron chi connectivity index (χ0n) is 11.3. The summed E-state index contributed by atoms with van der Waals surface area (Å²) >= 11 is 0. The minimum absolute atomic E-state index is 0.140. The molecule has 0 atom stereocenters. The van der Waals surface area contributed by atoms with E-state index in [-0.39, 0.29) is 6.61 Å². The number of nitrogens with one attached hydrogen (secondary N) is 1. The zero-order valence-corrected chi connectivity index (χ0v) is 11.3. The van der Waals surface area contributed by atoms with Crippen LogP contribution in [0.1, 0.15) is 33.1 Å². The minimum atomic E-state index is 0.140. The Hall–Kier alpha value is -0.160. The van der Waals surface area contributed by atoms with Gasteiger partial charge in [0, 0.05) is 19.1 Å². The summed E-state index contributed by atoms with van der Waals surface area (Å²) in [5.41, 5.74) is 0. The smallest absolute Gasteiger partial charge is 0.0701 e. The first-order valence-corrected chi connectivity index (χ1v) is 6.90. The molecule has 4 nitrogen and oxygen atoms in total. The first kappa shape index (κ1) is 14.9. The van der Waals surface area contributed by atoms with E-state index < -0.39 is 0 Å². The van der Waals surface area contributed by atoms with Gasteiger partial charge in [-0.15, -0.1) is 0 Å². The third kappa shape index (κ3) is 6.99. The van der Waals surface area contributed by atoms with Gasteiger partial charge in [-0.25, -0.2) is 0 Å². The fourth-order valence-corrected chi connectivity index (χ4v) is 2.21. The molecule has 17 heavy (non-hydrogen) atoms. The Balaban J connectivity index is 1.99. The quantitative estimate of drug-likeness (QED) is 0.621. The predicted octanol–water partition coefficient (Wildman–Crippen LogP) is 0.848. The van der Waals surface area contributed by atoms with E-state index in [4.69, 9.17) is 9.84 Å². The van der Waals surface area contributed by atoms with Gasteiger partial charge in [-0.3, -0.25) is 0 Å². The molecule has 0 aromatic heterocycles. The highest BCUT2D eigenvalue weighted by atomic mass is 16.5. The number of hydrogen-bond acceptors (Lipinski definition) is 4. The maximum absolute atomic E-state index is 8.69. The van der Waals surface area contributed by atoms with Crippen LogP contribution in [0.15, 0.2) is 0 Å². The van der Waals surface area contributed by atoms with Crippen molar-refractivity contribution in [2.24, 2.45) is 0 Å². The molecule has 0 aromatic carbocycles. The third-order valence-corrected chi connectivity index (χ3v) is 3.18. The van der Waals surface area contributed by atoms with Crippen LogP contribution in [0.2, 0.25) is 0 Å². The molecule has 1 heterocycles. The number of aliphatic hydroxyl groups excluding tert-OH is 1. The minimum Gasteiger partial charge on any atom is -0.394 e. The van der Waals surface area contributed by atoms with Gasteiger partial charge >= 0.3 is 0 Å². The SMILES string of the molecule is CC(C)NCCCN1CCC(OCCO)CC1. The van der Waals surface area contributed by atoms with Crippen LogP contribution in [-0.4, -0.2) is 61.5 Å². The molecular weight excluding hydrogens is 216 g/mol. The Morgan fingerprint density at radius 3 is 2.65 bits per heavy atom. The van der Waals surface area contributed by atoms with Crippen LogP contribution >= 0.6 is 0 Å². The Morgan fingerprint density at radius 1 is 1.35 bits per heavy atom. The molecule has 1 aliphatic heterocycles. The number of hydrogen-bond donors (Lipinski definition) is 2. The molecule has 0 spiro atoms. The van der Waals surface area contributed by atoms with E-state index >= 15 is 0 Å². The van der Waals surface area contributed by atoms with E-state index in [1.165, 1.54) is 13.0 Å². The van der Waals surface area contributed by atoms with Gasteiger partial charge in [0.05, 0.1) is 19.3 Å². The van der Waals surface area contributed by atoms with E-state index in [0.29, 0.717) is 18.8 Å². The average molecular weight is 244 g/mol.